The van der Waals surface area contributed by atoms with Crippen LogP contribution < -0.4 is 10.6 Å². The summed E-state index contributed by atoms with van der Waals surface area (Å²) in [6.07, 6.45) is 5.23. The Balaban J connectivity index is 1.71. The molecule has 1 saturated carbocycles. The van der Waals surface area contributed by atoms with Crippen molar-refractivity contribution in [3.05, 3.63) is 24.2 Å². The van der Waals surface area contributed by atoms with E-state index in [0.717, 1.165) is 11.7 Å². The predicted octanol–water partition coefficient (Wildman–Crippen LogP) is 2.06. The number of hydrogen-bond acceptors (Lipinski definition) is 3. The Hall–Kier alpha value is -1.29. The van der Waals surface area contributed by atoms with Crippen LogP contribution in [0.4, 0.5) is 0 Å². The van der Waals surface area contributed by atoms with E-state index in [2.05, 4.69) is 17.6 Å². The molecule has 1 aliphatic carbocycles. The van der Waals surface area contributed by atoms with Crippen LogP contribution in [0.25, 0.3) is 0 Å². The molecule has 3 unspecified atom stereocenters. The van der Waals surface area contributed by atoms with Gasteiger partial charge in [0, 0.05) is 6.04 Å². The van der Waals surface area contributed by atoms with Gasteiger partial charge in [-0.15, -0.1) is 0 Å². The first kappa shape index (κ1) is 13.1. The maximum Gasteiger partial charge on any atom is 0.237 e. The Morgan fingerprint density at radius 2 is 2.39 bits per heavy atom. The Labute approximate surface area is 108 Å². The summed E-state index contributed by atoms with van der Waals surface area (Å²) in [5, 5.41) is 6.27. The summed E-state index contributed by atoms with van der Waals surface area (Å²) in [5.74, 6) is 1.59. The van der Waals surface area contributed by atoms with E-state index in [-0.39, 0.29) is 11.9 Å². The zero-order valence-corrected chi connectivity index (χ0v) is 11.1. The smallest absolute Gasteiger partial charge is 0.237 e. The topological polar surface area (TPSA) is 54.3 Å². The molecule has 2 rings (SSSR count). The number of carbonyl (C=O) groups is 1. The van der Waals surface area contributed by atoms with Gasteiger partial charge in [-0.2, -0.15) is 0 Å². The molecular weight excluding hydrogens is 228 g/mol. The molecule has 1 aliphatic rings. The normalized spacial score (nSPS) is 25.0. The van der Waals surface area contributed by atoms with Crippen LogP contribution in [-0.2, 0) is 11.3 Å². The summed E-state index contributed by atoms with van der Waals surface area (Å²) in [6.45, 7) is 4.64. The molecule has 0 aliphatic heterocycles. The van der Waals surface area contributed by atoms with Crippen LogP contribution in [0.5, 0.6) is 0 Å². The Kier molecular flexibility index (Phi) is 4.42. The zero-order chi connectivity index (χ0) is 13.0. The largest absolute Gasteiger partial charge is 0.467 e. The summed E-state index contributed by atoms with van der Waals surface area (Å²) in [7, 11) is 0. The molecule has 3 atom stereocenters. The zero-order valence-electron chi connectivity index (χ0n) is 11.1. The van der Waals surface area contributed by atoms with Gasteiger partial charge in [0.05, 0.1) is 18.8 Å². The number of amides is 1. The average molecular weight is 250 g/mol. The fourth-order valence-electron chi connectivity index (χ4n) is 2.53. The Morgan fingerprint density at radius 1 is 1.56 bits per heavy atom. The molecule has 0 aromatic carbocycles. The second-order valence-electron chi connectivity index (χ2n) is 5.30. The monoisotopic (exact) mass is 250 g/mol. The predicted molar refractivity (Wildman–Crippen MR) is 70.0 cm³/mol. The maximum absolute atomic E-state index is 11.9. The van der Waals surface area contributed by atoms with Crippen LogP contribution in [-0.4, -0.2) is 18.0 Å². The second-order valence-corrected chi connectivity index (χ2v) is 5.30. The van der Waals surface area contributed by atoms with Gasteiger partial charge >= 0.3 is 0 Å². The van der Waals surface area contributed by atoms with Gasteiger partial charge in [0.2, 0.25) is 5.91 Å². The van der Waals surface area contributed by atoms with Gasteiger partial charge in [0.15, 0.2) is 0 Å². The van der Waals surface area contributed by atoms with Crippen molar-refractivity contribution < 1.29 is 9.21 Å². The molecule has 0 saturated heterocycles. The SMILES string of the molecule is CC1CCC(NC(C)C(=O)NCc2ccco2)C1. The van der Waals surface area contributed by atoms with E-state index in [1.165, 1.54) is 19.3 Å². The third-order valence-corrected chi connectivity index (χ3v) is 3.59. The van der Waals surface area contributed by atoms with Gasteiger partial charge in [0.1, 0.15) is 5.76 Å². The summed E-state index contributed by atoms with van der Waals surface area (Å²) >= 11 is 0. The number of furan rings is 1. The van der Waals surface area contributed by atoms with Crippen LogP contribution in [0, 0.1) is 5.92 Å². The lowest BCUT2D eigenvalue weighted by atomic mass is 10.1. The molecule has 100 valence electrons. The van der Waals surface area contributed by atoms with E-state index in [0.29, 0.717) is 12.6 Å². The van der Waals surface area contributed by atoms with Gasteiger partial charge in [-0.3, -0.25) is 4.79 Å². The quantitative estimate of drug-likeness (QED) is 0.841. The van der Waals surface area contributed by atoms with Crippen LogP contribution in [0.2, 0.25) is 0 Å². The molecule has 0 bridgehead atoms. The third kappa shape index (κ3) is 3.60. The van der Waals surface area contributed by atoms with E-state index in [4.69, 9.17) is 4.42 Å². The first-order chi connectivity index (χ1) is 8.65. The van der Waals surface area contributed by atoms with E-state index >= 15 is 0 Å². The maximum atomic E-state index is 11.9. The highest BCUT2D eigenvalue weighted by molar-refractivity contribution is 5.81. The standard InChI is InChI=1S/C14H22N2O2/c1-10-5-6-12(8-10)16-11(2)14(17)15-9-13-4-3-7-18-13/h3-4,7,10-12,16H,5-6,8-9H2,1-2H3,(H,15,17). The molecule has 1 heterocycles. The minimum absolute atomic E-state index is 0.0333. The number of hydrogen-bond donors (Lipinski definition) is 2. The fourth-order valence-corrected chi connectivity index (χ4v) is 2.53. The summed E-state index contributed by atoms with van der Waals surface area (Å²) < 4.78 is 5.18. The van der Waals surface area contributed by atoms with E-state index in [9.17, 15) is 4.79 Å². The molecule has 2 N–H and O–H groups in total. The molecule has 0 radical (unpaired) electrons. The van der Waals surface area contributed by atoms with Crippen molar-refractivity contribution in [2.75, 3.05) is 0 Å². The van der Waals surface area contributed by atoms with Gasteiger partial charge < -0.3 is 15.1 Å². The lowest BCUT2D eigenvalue weighted by Gasteiger charge is -2.18. The Morgan fingerprint density at radius 3 is 3.00 bits per heavy atom. The van der Waals surface area contributed by atoms with Crippen molar-refractivity contribution >= 4 is 5.91 Å². The highest BCUT2D eigenvalue weighted by atomic mass is 16.3. The highest BCUT2D eigenvalue weighted by Crippen LogP contribution is 2.24. The van der Waals surface area contributed by atoms with Crippen LogP contribution in [0.3, 0.4) is 0 Å². The molecule has 1 aromatic heterocycles. The summed E-state index contributed by atoms with van der Waals surface area (Å²) in [5.41, 5.74) is 0. The van der Waals surface area contributed by atoms with Crippen LogP contribution in [0.1, 0.15) is 38.9 Å². The number of nitrogens with one attached hydrogen (secondary N) is 2. The van der Waals surface area contributed by atoms with E-state index < -0.39 is 0 Å². The molecule has 1 aromatic rings. The Bertz CT molecular complexity index is 375. The van der Waals surface area contributed by atoms with Crippen molar-refractivity contribution in [3.8, 4) is 0 Å². The minimum atomic E-state index is -0.143. The molecule has 1 amide bonds. The molecular formula is C14H22N2O2. The lowest BCUT2D eigenvalue weighted by Crippen LogP contribution is -2.45. The molecule has 4 nitrogen and oxygen atoms in total. The minimum Gasteiger partial charge on any atom is -0.467 e. The van der Waals surface area contributed by atoms with E-state index in [1.807, 2.05) is 19.1 Å². The number of carbonyl (C=O) groups excluding carboxylic acids is 1. The first-order valence-corrected chi connectivity index (χ1v) is 6.71. The van der Waals surface area contributed by atoms with Crippen molar-refractivity contribution in [3.63, 3.8) is 0 Å². The van der Waals surface area contributed by atoms with E-state index in [1.54, 1.807) is 6.26 Å². The summed E-state index contributed by atoms with van der Waals surface area (Å²) in [4.78, 5) is 11.9. The number of rotatable bonds is 5. The molecule has 0 spiro atoms. The average Bonchev–Trinajstić information content (AvgIpc) is 2.97. The van der Waals surface area contributed by atoms with Crippen molar-refractivity contribution in [1.29, 1.82) is 0 Å². The molecule has 1 fully saturated rings. The highest BCUT2D eigenvalue weighted by Gasteiger charge is 2.24. The van der Waals surface area contributed by atoms with Crippen LogP contribution >= 0.6 is 0 Å². The van der Waals surface area contributed by atoms with Gasteiger partial charge in [0.25, 0.3) is 0 Å². The summed E-state index contributed by atoms with van der Waals surface area (Å²) in [6, 6.07) is 4.03. The molecule has 18 heavy (non-hydrogen) atoms. The van der Waals surface area contributed by atoms with Crippen molar-refractivity contribution in [2.45, 2.75) is 51.7 Å². The van der Waals surface area contributed by atoms with Gasteiger partial charge in [-0.1, -0.05) is 6.92 Å². The second kappa shape index (κ2) is 6.05. The molecule has 4 heteroatoms. The lowest BCUT2D eigenvalue weighted by molar-refractivity contribution is -0.123. The fraction of sp³-hybridized carbons (Fsp3) is 0.643. The van der Waals surface area contributed by atoms with Crippen LogP contribution in [0.15, 0.2) is 22.8 Å². The first-order valence-electron chi connectivity index (χ1n) is 6.71. The van der Waals surface area contributed by atoms with Crippen molar-refractivity contribution in [2.24, 2.45) is 5.92 Å². The third-order valence-electron chi connectivity index (χ3n) is 3.59. The van der Waals surface area contributed by atoms with Gasteiger partial charge in [-0.25, -0.2) is 0 Å². The van der Waals surface area contributed by atoms with Crippen molar-refractivity contribution in [1.82, 2.24) is 10.6 Å². The van der Waals surface area contributed by atoms with Gasteiger partial charge in [-0.05, 0) is 44.2 Å².